The summed E-state index contributed by atoms with van der Waals surface area (Å²) in [6.07, 6.45) is 3.85. The van der Waals surface area contributed by atoms with E-state index in [9.17, 15) is 13.2 Å². The van der Waals surface area contributed by atoms with Gasteiger partial charge in [0, 0.05) is 30.5 Å². The fourth-order valence-electron chi connectivity index (χ4n) is 2.25. The molecule has 0 saturated heterocycles. The molecule has 0 aliphatic rings. The van der Waals surface area contributed by atoms with Crippen molar-refractivity contribution < 1.29 is 13.2 Å². The van der Waals surface area contributed by atoms with Gasteiger partial charge in [0.15, 0.2) is 9.84 Å². The molecule has 0 saturated carbocycles. The predicted molar refractivity (Wildman–Crippen MR) is 97.3 cm³/mol. The molecule has 0 unspecified atom stereocenters. The molecule has 134 valence electrons. The lowest BCUT2D eigenvalue weighted by molar-refractivity contribution is 0.241. The van der Waals surface area contributed by atoms with Crippen molar-refractivity contribution in [3.8, 4) is 0 Å². The van der Waals surface area contributed by atoms with E-state index >= 15 is 0 Å². The van der Waals surface area contributed by atoms with Crippen molar-refractivity contribution in [1.82, 2.24) is 15.6 Å². The van der Waals surface area contributed by atoms with Crippen molar-refractivity contribution in [1.29, 1.82) is 0 Å². The molecule has 8 heteroatoms. The van der Waals surface area contributed by atoms with E-state index in [1.165, 1.54) is 30.5 Å². The van der Waals surface area contributed by atoms with E-state index < -0.39 is 21.1 Å². The standard InChI is InChI=1S/C17H20ClN3O3S/c1-2-9-20-17(22)21-12-16(13-4-3-10-19-11-13)25(23,24)15-7-5-14(18)6-8-15/h3-8,10-11,16H,2,9,12H2,1H3,(H2,20,21,22)/t16-/m0/s1. The van der Waals surface area contributed by atoms with Crippen molar-refractivity contribution >= 4 is 27.5 Å². The number of sulfone groups is 1. The van der Waals surface area contributed by atoms with Gasteiger partial charge in [-0.15, -0.1) is 0 Å². The number of nitrogens with one attached hydrogen (secondary N) is 2. The van der Waals surface area contributed by atoms with Gasteiger partial charge in [0.25, 0.3) is 0 Å². The van der Waals surface area contributed by atoms with E-state index in [1.807, 2.05) is 6.92 Å². The number of pyridine rings is 1. The summed E-state index contributed by atoms with van der Waals surface area (Å²) in [6, 6.07) is 8.90. The molecule has 1 aromatic heterocycles. The number of benzene rings is 1. The van der Waals surface area contributed by atoms with Gasteiger partial charge in [-0.25, -0.2) is 13.2 Å². The van der Waals surface area contributed by atoms with Crippen LogP contribution in [-0.4, -0.2) is 32.5 Å². The summed E-state index contributed by atoms with van der Waals surface area (Å²) in [7, 11) is -3.73. The number of urea groups is 1. The van der Waals surface area contributed by atoms with E-state index in [1.54, 1.807) is 18.3 Å². The topological polar surface area (TPSA) is 88.2 Å². The Kier molecular flexibility index (Phi) is 6.78. The Morgan fingerprint density at radius 3 is 2.52 bits per heavy atom. The molecule has 1 atom stereocenters. The average molecular weight is 382 g/mol. The summed E-state index contributed by atoms with van der Waals surface area (Å²) in [4.78, 5) is 15.9. The van der Waals surface area contributed by atoms with Crippen LogP contribution in [0.2, 0.25) is 5.02 Å². The summed E-state index contributed by atoms with van der Waals surface area (Å²) in [5, 5.41) is 4.78. The van der Waals surface area contributed by atoms with Crippen LogP contribution >= 0.6 is 11.6 Å². The first kappa shape index (κ1) is 19.2. The predicted octanol–water partition coefficient (Wildman–Crippen LogP) is 2.96. The second-order valence-electron chi connectivity index (χ2n) is 5.41. The van der Waals surface area contributed by atoms with Crippen LogP contribution in [0.1, 0.15) is 24.2 Å². The third kappa shape index (κ3) is 5.17. The van der Waals surface area contributed by atoms with Crippen LogP contribution < -0.4 is 10.6 Å². The fraction of sp³-hybridized carbons (Fsp3) is 0.294. The molecular weight excluding hydrogens is 362 g/mol. The molecule has 2 rings (SSSR count). The minimum absolute atomic E-state index is 0.0633. The van der Waals surface area contributed by atoms with Gasteiger partial charge in [-0.3, -0.25) is 4.98 Å². The molecule has 1 heterocycles. The van der Waals surface area contributed by atoms with E-state index in [-0.39, 0.29) is 11.4 Å². The molecule has 25 heavy (non-hydrogen) atoms. The average Bonchev–Trinajstić information content (AvgIpc) is 2.61. The molecule has 0 fully saturated rings. The highest BCUT2D eigenvalue weighted by Gasteiger charge is 2.29. The number of carbonyl (C=O) groups is 1. The van der Waals surface area contributed by atoms with Crippen LogP contribution in [0, 0.1) is 0 Å². The van der Waals surface area contributed by atoms with E-state index in [0.717, 1.165) is 6.42 Å². The van der Waals surface area contributed by atoms with Gasteiger partial charge >= 0.3 is 6.03 Å². The van der Waals surface area contributed by atoms with Crippen molar-refractivity contribution in [2.45, 2.75) is 23.5 Å². The van der Waals surface area contributed by atoms with E-state index in [0.29, 0.717) is 17.1 Å². The lowest BCUT2D eigenvalue weighted by Crippen LogP contribution is -2.39. The maximum absolute atomic E-state index is 13.0. The maximum Gasteiger partial charge on any atom is 0.314 e. The summed E-state index contributed by atoms with van der Waals surface area (Å²) in [5.41, 5.74) is 0.508. The zero-order valence-electron chi connectivity index (χ0n) is 13.8. The first-order valence-corrected chi connectivity index (χ1v) is 9.78. The number of rotatable bonds is 7. The molecule has 6 nitrogen and oxygen atoms in total. The van der Waals surface area contributed by atoms with Gasteiger partial charge in [-0.05, 0) is 42.3 Å². The summed E-state index contributed by atoms with van der Waals surface area (Å²) >= 11 is 5.84. The molecule has 0 spiro atoms. The first-order chi connectivity index (χ1) is 11.9. The van der Waals surface area contributed by atoms with E-state index in [2.05, 4.69) is 15.6 Å². The van der Waals surface area contributed by atoms with Crippen LogP contribution in [0.3, 0.4) is 0 Å². The molecule has 2 N–H and O–H groups in total. The van der Waals surface area contributed by atoms with E-state index in [4.69, 9.17) is 11.6 Å². The Bertz CT molecular complexity index is 796. The monoisotopic (exact) mass is 381 g/mol. The first-order valence-electron chi connectivity index (χ1n) is 7.86. The zero-order valence-corrected chi connectivity index (χ0v) is 15.3. The number of hydrogen-bond donors (Lipinski definition) is 2. The molecule has 0 aliphatic heterocycles. The van der Waals surface area contributed by atoms with Crippen LogP contribution in [0.5, 0.6) is 0 Å². The third-order valence-corrected chi connectivity index (χ3v) is 5.93. The minimum Gasteiger partial charge on any atom is -0.338 e. The van der Waals surface area contributed by atoms with Gasteiger partial charge in [0.2, 0.25) is 0 Å². The highest BCUT2D eigenvalue weighted by atomic mass is 35.5. The summed E-state index contributed by atoms with van der Waals surface area (Å²) in [6.45, 7) is 2.39. The molecule has 0 radical (unpaired) electrons. The van der Waals surface area contributed by atoms with Crippen LogP contribution in [0.4, 0.5) is 4.79 Å². The lowest BCUT2D eigenvalue weighted by Gasteiger charge is -2.19. The van der Waals surface area contributed by atoms with Gasteiger partial charge in [0.05, 0.1) is 4.90 Å². The van der Waals surface area contributed by atoms with Crippen LogP contribution in [0.25, 0.3) is 0 Å². The van der Waals surface area contributed by atoms with Crippen molar-refractivity contribution in [3.05, 3.63) is 59.4 Å². The summed E-state index contributed by atoms with van der Waals surface area (Å²) < 4.78 is 26.1. The Morgan fingerprint density at radius 1 is 1.20 bits per heavy atom. The molecule has 2 aromatic rings. The summed E-state index contributed by atoms with van der Waals surface area (Å²) in [5.74, 6) is 0. The normalized spacial score (nSPS) is 12.4. The second kappa shape index (κ2) is 8.82. The molecular formula is C17H20ClN3O3S. The number of halogens is 1. The maximum atomic E-state index is 13.0. The van der Waals surface area contributed by atoms with Gasteiger partial charge in [-0.1, -0.05) is 24.6 Å². The number of hydrogen-bond acceptors (Lipinski definition) is 4. The zero-order chi connectivity index (χ0) is 18.3. The molecule has 0 bridgehead atoms. The third-order valence-electron chi connectivity index (χ3n) is 3.56. The Balaban J connectivity index is 2.28. The number of amides is 2. The van der Waals surface area contributed by atoms with Gasteiger partial charge in [0.1, 0.15) is 5.25 Å². The largest absolute Gasteiger partial charge is 0.338 e. The Hall–Kier alpha value is -2.12. The van der Waals surface area contributed by atoms with Crippen molar-refractivity contribution in [3.63, 3.8) is 0 Å². The lowest BCUT2D eigenvalue weighted by atomic mass is 10.2. The number of aromatic nitrogens is 1. The number of nitrogens with zero attached hydrogens (tertiary/aromatic N) is 1. The fourth-order valence-corrected chi connectivity index (χ4v) is 4.02. The van der Waals surface area contributed by atoms with Crippen LogP contribution in [-0.2, 0) is 9.84 Å². The number of carbonyl (C=O) groups excluding carboxylic acids is 1. The second-order valence-corrected chi connectivity index (χ2v) is 7.98. The van der Waals surface area contributed by atoms with Crippen LogP contribution in [0.15, 0.2) is 53.7 Å². The SMILES string of the molecule is CCCNC(=O)NC[C@@H](c1cccnc1)S(=O)(=O)c1ccc(Cl)cc1. The molecule has 0 aliphatic carbocycles. The Labute approximate surface area is 152 Å². The van der Waals surface area contributed by atoms with Crippen molar-refractivity contribution in [2.75, 3.05) is 13.1 Å². The van der Waals surface area contributed by atoms with Gasteiger partial charge < -0.3 is 10.6 Å². The highest BCUT2D eigenvalue weighted by molar-refractivity contribution is 7.91. The van der Waals surface area contributed by atoms with Gasteiger partial charge in [-0.2, -0.15) is 0 Å². The van der Waals surface area contributed by atoms with Crippen molar-refractivity contribution in [2.24, 2.45) is 0 Å². The smallest absolute Gasteiger partial charge is 0.314 e. The highest BCUT2D eigenvalue weighted by Crippen LogP contribution is 2.28. The molecule has 1 aromatic carbocycles. The minimum atomic E-state index is -3.73. The molecule has 2 amide bonds. The Morgan fingerprint density at radius 2 is 1.92 bits per heavy atom. The quantitative estimate of drug-likeness (QED) is 0.771.